The number of amides is 2. The first-order chi connectivity index (χ1) is 11.4. The predicted molar refractivity (Wildman–Crippen MR) is 102 cm³/mol. The maximum atomic E-state index is 12.6. The molecule has 1 aliphatic heterocycles. The number of likely N-dealkylation sites (tertiary alicyclic amines) is 1. The monoisotopic (exact) mass is 367 g/mol. The van der Waals surface area contributed by atoms with Crippen LogP contribution in [0.2, 0.25) is 0 Å². The van der Waals surface area contributed by atoms with Crippen LogP contribution in [-0.4, -0.2) is 35.3 Å². The van der Waals surface area contributed by atoms with Crippen LogP contribution in [0.1, 0.15) is 44.2 Å². The summed E-state index contributed by atoms with van der Waals surface area (Å²) >= 11 is 0. The minimum atomic E-state index is -0.357. The van der Waals surface area contributed by atoms with Crippen molar-refractivity contribution in [2.45, 2.75) is 52.1 Å². The molecule has 1 atom stereocenters. The molecule has 0 radical (unpaired) electrons. The van der Waals surface area contributed by atoms with Crippen molar-refractivity contribution < 1.29 is 9.59 Å². The first-order valence-corrected chi connectivity index (χ1v) is 8.78. The topological polar surface area (TPSA) is 75.4 Å². The number of carbonyl (C=O) groups is 2. The highest BCUT2D eigenvalue weighted by molar-refractivity contribution is 5.89. The van der Waals surface area contributed by atoms with Crippen LogP contribution in [0, 0.1) is 12.8 Å². The van der Waals surface area contributed by atoms with Crippen molar-refractivity contribution in [2.75, 3.05) is 13.1 Å². The normalized spacial score (nSPS) is 17.4. The quantitative estimate of drug-likeness (QED) is 0.777. The van der Waals surface area contributed by atoms with Crippen molar-refractivity contribution in [1.29, 1.82) is 0 Å². The maximum absolute atomic E-state index is 12.6. The highest BCUT2D eigenvalue weighted by atomic mass is 35.5. The van der Waals surface area contributed by atoms with E-state index in [0.717, 1.165) is 18.4 Å². The van der Waals surface area contributed by atoms with Crippen LogP contribution >= 0.6 is 12.4 Å². The minimum Gasteiger partial charge on any atom is -0.349 e. The van der Waals surface area contributed by atoms with Gasteiger partial charge in [-0.2, -0.15) is 0 Å². The third-order valence-electron chi connectivity index (χ3n) is 5.21. The molecular formula is C19H30ClN3O2. The number of rotatable bonds is 7. The van der Waals surface area contributed by atoms with E-state index in [2.05, 4.69) is 5.32 Å². The van der Waals surface area contributed by atoms with Crippen molar-refractivity contribution in [2.24, 2.45) is 11.7 Å². The lowest BCUT2D eigenvalue weighted by molar-refractivity contribution is -0.129. The van der Waals surface area contributed by atoms with Crippen LogP contribution in [0.4, 0.5) is 0 Å². The van der Waals surface area contributed by atoms with Gasteiger partial charge >= 0.3 is 0 Å². The van der Waals surface area contributed by atoms with Crippen LogP contribution in [0.25, 0.3) is 0 Å². The van der Waals surface area contributed by atoms with Crippen LogP contribution in [0.15, 0.2) is 24.3 Å². The fourth-order valence-electron chi connectivity index (χ4n) is 3.14. The van der Waals surface area contributed by atoms with Gasteiger partial charge in [-0.1, -0.05) is 43.7 Å². The zero-order chi connectivity index (χ0) is 17.7. The van der Waals surface area contributed by atoms with Crippen LogP contribution < -0.4 is 11.1 Å². The second-order valence-corrected chi connectivity index (χ2v) is 6.84. The average molecular weight is 368 g/mol. The maximum Gasteiger partial charge on any atom is 0.225 e. The molecule has 1 saturated heterocycles. The van der Waals surface area contributed by atoms with Gasteiger partial charge in [0, 0.05) is 26.1 Å². The van der Waals surface area contributed by atoms with Gasteiger partial charge < -0.3 is 16.0 Å². The van der Waals surface area contributed by atoms with E-state index in [-0.39, 0.29) is 42.1 Å². The fraction of sp³-hybridized carbons (Fsp3) is 0.579. The van der Waals surface area contributed by atoms with E-state index in [1.165, 1.54) is 5.56 Å². The Labute approximate surface area is 156 Å². The SMILES string of the molecule is CCC(CC)(CN)NC(=O)C1CC(=O)N(Cc2ccc(C)cc2)C1.Cl. The Hall–Kier alpha value is -1.59. The largest absolute Gasteiger partial charge is 0.349 e. The van der Waals surface area contributed by atoms with Crippen molar-refractivity contribution in [3.63, 3.8) is 0 Å². The number of hydrogen-bond donors (Lipinski definition) is 2. The second kappa shape index (κ2) is 9.20. The van der Waals surface area contributed by atoms with Crippen molar-refractivity contribution in [3.05, 3.63) is 35.4 Å². The highest BCUT2D eigenvalue weighted by Crippen LogP contribution is 2.22. The Morgan fingerprint density at radius 2 is 1.88 bits per heavy atom. The van der Waals surface area contributed by atoms with E-state index in [0.29, 0.717) is 19.6 Å². The Kier molecular flexibility index (Phi) is 7.90. The molecule has 25 heavy (non-hydrogen) atoms. The Morgan fingerprint density at radius 3 is 2.40 bits per heavy atom. The van der Waals surface area contributed by atoms with Gasteiger partial charge in [-0.3, -0.25) is 9.59 Å². The number of nitrogens with one attached hydrogen (secondary N) is 1. The zero-order valence-electron chi connectivity index (χ0n) is 15.4. The summed E-state index contributed by atoms with van der Waals surface area (Å²) in [5.74, 6) is -0.294. The number of benzene rings is 1. The summed E-state index contributed by atoms with van der Waals surface area (Å²) in [5.41, 5.74) is 7.78. The van der Waals surface area contributed by atoms with Gasteiger partial charge in [0.1, 0.15) is 0 Å². The van der Waals surface area contributed by atoms with E-state index < -0.39 is 0 Å². The van der Waals surface area contributed by atoms with E-state index in [1.807, 2.05) is 45.0 Å². The third-order valence-corrected chi connectivity index (χ3v) is 5.21. The number of nitrogens with zero attached hydrogens (tertiary/aromatic N) is 1. The molecule has 5 nitrogen and oxygen atoms in total. The molecule has 1 aromatic carbocycles. The molecule has 1 aliphatic rings. The van der Waals surface area contributed by atoms with Crippen molar-refractivity contribution >= 4 is 24.2 Å². The number of aryl methyl sites for hydroxylation is 1. The Morgan fingerprint density at radius 1 is 1.28 bits per heavy atom. The molecule has 0 saturated carbocycles. The molecule has 1 aromatic rings. The van der Waals surface area contributed by atoms with E-state index >= 15 is 0 Å². The minimum absolute atomic E-state index is 0. The number of nitrogens with two attached hydrogens (primary N) is 1. The molecule has 3 N–H and O–H groups in total. The van der Waals surface area contributed by atoms with Gasteiger partial charge in [-0.05, 0) is 25.3 Å². The standard InChI is InChI=1S/C19H29N3O2.ClH/c1-4-19(5-2,13-20)21-18(24)16-10-17(23)22(12-16)11-15-8-6-14(3)7-9-15;/h6-9,16H,4-5,10-13,20H2,1-3H3,(H,21,24);1H. The molecule has 1 heterocycles. The molecule has 0 aliphatic carbocycles. The summed E-state index contributed by atoms with van der Waals surface area (Å²) in [7, 11) is 0. The second-order valence-electron chi connectivity index (χ2n) is 6.84. The number of hydrogen-bond acceptors (Lipinski definition) is 3. The molecule has 1 fully saturated rings. The Balaban J connectivity index is 0.00000312. The first kappa shape index (κ1) is 21.5. The summed E-state index contributed by atoms with van der Waals surface area (Å²) in [5, 5.41) is 3.09. The van der Waals surface area contributed by atoms with Gasteiger partial charge in [0.2, 0.25) is 11.8 Å². The van der Waals surface area contributed by atoms with E-state index in [9.17, 15) is 9.59 Å². The number of halogens is 1. The van der Waals surface area contributed by atoms with Gasteiger partial charge in [0.25, 0.3) is 0 Å². The van der Waals surface area contributed by atoms with E-state index in [1.54, 1.807) is 4.90 Å². The summed E-state index contributed by atoms with van der Waals surface area (Å²) in [6, 6.07) is 8.14. The van der Waals surface area contributed by atoms with Gasteiger partial charge in [-0.25, -0.2) is 0 Å². The first-order valence-electron chi connectivity index (χ1n) is 8.78. The van der Waals surface area contributed by atoms with Gasteiger partial charge in [0.05, 0.1) is 11.5 Å². The molecule has 6 heteroatoms. The fourth-order valence-corrected chi connectivity index (χ4v) is 3.14. The van der Waals surface area contributed by atoms with Crippen molar-refractivity contribution in [3.8, 4) is 0 Å². The van der Waals surface area contributed by atoms with Gasteiger partial charge in [-0.15, -0.1) is 12.4 Å². The molecule has 1 unspecified atom stereocenters. The van der Waals surface area contributed by atoms with Crippen LogP contribution in [0.5, 0.6) is 0 Å². The average Bonchev–Trinajstić information content (AvgIpc) is 2.96. The molecule has 2 rings (SSSR count). The van der Waals surface area contributed by atoms with Crippen molar-refractivity contribution in [1.82, 2.24) is 10.2 Å². The Bertz CT molecular complexity index is 577. The molecule has 0 spiro atoms. The molecule has 2 amide bonds. The lowest BCUT2D eigenvalue weighted by atomic mass is 9.91. The summed E-state index contributed by atoms with van der Waals surface area (Å²) < 4.78 is 0. The zero-order valence-corrected chi connectivity index (χ0v) is 16.2. The summed E-state index contributed by atoms with van der Waals surface area (Å²) in [6.07, 6.45) is 1.87. The highest BCUT2D eigenvalue weighted by Gasteiger charge is 2.37. The van der Waals surface area contributed by atoms with Crippen LogP contribution in [-0.2, 0) is 16.1 Å². The lowest BCUT2D eigenvalue weighted by Crippen LogP contribution is -2.54. The smallest absolute Gasteiger partial charge is 0.225 e. The van der Waals surface area contributed by atoms with Crippen LogP contribution in [0.3, 0.4) is 0 Å². The predicted octanol–water partition coefficient (Wildman–Crippen LogP) is 2.40. The van der Waals surface area contributed by atoms with Gasteiger partial charge in [0.15, 0.2) is 0 Å². The summed E-state index contributed by atoms with van der Waals surface area (Å²) in [4.78, 5) is 26.6. The summed E-state index contributed by atoms with van der Waals surface area (Å²) in [6.45, 7) is 7.55. The number of carbonyl (C=O) groups excluding carboxylic acids is 2. The molecule has 0 bridgehead atoms. The molecular weight excluding hydrogens is 338 g/mol. The molecule has 0 aromatic heterocycles. The van der Waals surface area contributed by atoms with E-state index in [4.69, 9.17) is 5.73 Å². The third kappa shape index (κ3) is 5.19. The lowest BCUT2D eigenvalue weighted by Gasteiger charge is -2.32. The molecule has 140 valence electrons.